The quantitative estimate of drug-likeness (QED) is 0.230. The van der Waals surface area contributed by atoms with Gasteiger partial charge in [0.1, 0.15) is 0 Å². The van der Waals surface area contributed by atoms with E-state index in [0.29, 0.717) is 0 Å². The van der Waals surface area contributed by atoms with Crippen LogP contribution in [0, 0.1) is 0 Å². The lowest BCUT2D eigenvalue weighted by Gasteiger charge is -2.02. The summed E-state index contributed by atoms with van der Waals surface area (Å²) in [6.07, 6.45) is 18.7. The summed E-state index contributed by atoms with van der Waals surface area (Å²) in [5.41, 5.74) is 0. The first kappa shape index (κ1) is 19.5. The second-order valence-electron chi connectivity index (χ2n) is 6.65. The topological polar surface area (TPSA) is 38.8 Å². The molecule has 1 saturated heterocycles. The molecule has 0 aromatic carbocycles. The molecule has 1 aliphatic rings. The van der Waals surface area contributed by atoms with Crippen LogP contribution in [-0.2, 0) is 14.3 Å². The smallest absolute Gasteiger partial charge is 0.337 e. The Labute approximate surface area is 137 Å². The molecule has 0 aliphatic carbocycles. The average Bonchev–Trinajstić information content (AvgIpc) is 3.30. The van der Waals surface area contributed by atoms with Crippen LogP contribution >= 0.6 is 0 Å². The SMILES string of the molecule is CCCCCCCCCCCCCCC[C@@H]1O[C@@H]1C(=O)OC. The fourth-order valence-electron chi connectivity index (χ4n) is 3.05. The van der Waals surface area contributed by atoms with Gasteiger partial charge in [0.05, 0.1) is 13.2 Å². The monoisotopic (exact) mass is 312 g/mol. The molecular weight excluding hydrogens is 276 g/mol. The van der Waals surface area contributed by atoms with Crippen molar-refractivity contribution in [3.63, 3.8) is 0 Å². The second-order valence-corrected chi connectivity index (χ2v) is 6.65. The maximum absolute atomic E-state index is 11.2. The highest BCUT2D eigenvalue weighted by Gasteiger charge is 2.45. The minimum atomic E-state index is -0.262. The maximum Gasteiger partial charge on any atom is 0.337 e. The molecule has 0 spiro atoms. The van der Waals surface area contributed by atoms with Crippen molar-refractivity contribution in [1.29, 1.82) is 0 Å². The van der Waals surface area contributed by atoms with E-state index in [1.807, 2.05) is 0 Å². The molecule has 1 fully saturated rings. The van der Waals surface area contributed by atoms with Crippen molar-refractivity contribution in [3.05, 3.63) is 0 Å². The van der Waals surface area contributed by atoms with Gasteiger partial charge in [-0.15, -0.1) is 0 Å². The fraction of sp³-hybridized carbons (Fsp3) is 0.947. The van der Waals surface area contributed by atoms with E-state index in [-0.39, 0.29) is 18.2 Å². The van der Waals surface area contributed by atoms with Crippen LogP contribution in [-0.4, -0.2) is 25.3 Å². The third-order valence-corrected chi connectivity index (χ3v) is 4.61. The van der Waals surface area contributed by atoms with E-state index in [9.17, 15) is 4.79 Å². The van der Waals surface area contributed by atoms with Gasteiger partial charge in [-0.25, -0.2) is 4.79 Å². The summed E-state index contributed by atoms with van der Waals surface area (Å²) in [5, 5.41) is 0. The number of rotatable bonds is 15. The van der Waals surface area contributed by atoms with Gasteiger partial charge >= 0.3 is 5.97 Å². The molecule has 0 radical (unpaired) electrons. The van der Waals surface area contributed by atoms with Gasteiger partial charge in [0, 0.05) is 0 Å². The van der Waals surface area contributed by atoms with Crippen LogP contribution in [0.2, 0.25) is 0 Å². The Bertz CT molecular complexity index is 278. The van der Waals surface area contributed by atoms with Gasteiger partial charge < -0.3 is 9.47 Å². The molecule has 0 aromatic heterocycles. The molecule has 0 amide bonds. The zero-order chi connectivity index (χ0) is 16.0. The van der Waals surface area contributed by atoms with Crippen molar-refractivity contribution in [2.24, 2.45) is 0 Å². The predicted molar refractivity (Wildman–Crippen MR) is 91.0 cm³/mol. The number of hydrogen-bond donors (Lipinski definition) is 0. The normalized spacial score (nSPS) is 20.1. The van der Waals surface area contributed by atoms with Gasteiger partial charge in [0.25, 0.3) is 0 Å². The summed E-state index contributed by atoms with van der Waals surface area (Å²) in [6.45, 7) is 2.27. The largest absolute Gasteiger partial charge is 0.467 e. The zero-order valence-corrected chi connectivity index (χ0v) is 14.8. The molecule has 0 bridgehead atoms. The molecule has 1 rings (SSSR count). The van der Waals surface area contributed by atoms with Crippen LogP contribution in [0.5, 0.6) is 0 Å². The van der Waals surface area contributed by atoms with E-state index in [1.165, 1.54) is 90.6 Å². The summed E-state index contributed by atoms with van der Waals surface area (Å²) >= 11 is 0. The third-order valence-electron chi connectivity index (χ3n) is 4.61. The van der Waals surface area contributed by atoms with Crippen molar-refractivity contribution in [1.82, 2.24) is 0 Å². The van der Waals surface area contributed by atoms with Gasteiger partial charge in [-0.3, -0.25) is 0 Å². The minimum absolute atomic E-state index is 0.139. The molecule has 22 heavy (non-hydrogen) atoms. The Morgan fingerprint density at radius 1 is 0.818 bits per heavy atom. The van der Waals surface area contributed by atoms with Crippen LogP contribution in [0.4, 0.5) is 0 Å². The second kappa shape index (κ2) is 12.9. The van der Waals surface area contributed by atoms with Crippen LogP contribution < -0.4 is 0 Å². The Morgan fingerprint density at radius 2 is 1.27 bits per heavy atom. The number of carbonyl (C=O) groups excluding carboxylic acids is 1. The number of hydrogen-bond acceptors (Lipinski definition) is 3. The van der Waals surface area contributed by atoms with Gasteiger partial charge in [-0.2, -0.15) is 0 Å². The predicted octanol–water partition coefficient (Wildman–Crippen LogP) is 5.41. The Morgan fingerprint density at radius 3 is 1.73 bits per heavy atom. The first-order valence-corrected chi connectivity index (χ1v) is 9.53. The summed E-state index contributed by atoms with van der Waals surface area (Å²) in [7, 11) is 1.42. The van der Waals surface area contributed by atoms with Crippen LogP contribution in [0.25, 0.3) is 0 Å². The van der Waals surface area contributed by atoms with Gasteiger partial charge in [-0.05, 0) is 6.42 Å². The molecular formula is C19H36O3. The highest BCUT2D eigenvalue weighted by Crippen LogP contribution is 2.28. The standard InChI is InChI=1S/C19H36O3/c1-3-4-5-6-7-8-9-10-11-12-13-14-15-16-17-18(22-17)19(20)21-2/h17-18H,3-16H2,1-2H3/t17-,18-/m0/s1. The lowest BCUT2D eigenvalue weighted by molar-refractivity contribution is -0.142. The number of epoxide rings is 1. The van der Waals surface area contributed by atoms with E-state index in [1.54, 1.807) is 0 Å². The van der Waals surface area contributed by atoms with Gasteiger partial charge in [-0.1, -0.05) is 90.4 Å². The summed E-state index contributed by atoms with van der Waals surface area (Å²) in [5.74, 6) is -0.209. The lowest BCUT2D eigenvalue weighted by Crippen LogP contribution is -2.11. The molecule has 3 nitrogen and oxygen atoms in total. The molecule has 0 unspecified atom stereocenters. The van der Waals surface area contributed by atoms with Crippen molar-refractivity contribution in [2.75, 3.05) is 7.11 Å². The van der Waals surface area contributed by atoms with Gasteiger partial charge in [0.15, 0.2) is 6.10 Å². The maximum atomic E-state index is 11.2. The van der Waals surface area contributed by atoms with E-state index >= 15 is 0 Å². The third kappa shape index (κ3) is 9.45. The van der Waals surface area contributed by atoms with E-state index < -0.39 is 0 Å². The first-order chi connectivity index (χ1) is 10.8. The van der Waals surface area contributed by atoms with Crippen molar-refractivity contribution in [3.8, 4) is 0 Å². The highest BCUT2D eigenvalue weighted by molar-refractivity contribution is 5.77. The van der Waals surface area contributed by atoms with E-state index in [4.69, 9.17) is 4.74 Å². The number of esters is 1. The molecule has 0 N–H and O–H groups in total. The lowest BCUT2D eigenvalue weighted by atomic mass is 10.0. The highest BCUT2D eigenvalue weighted by atomic mass is 16.6. The Balaban J connectivity index is 1.71. The number of unbranched alkanes of at least 4 members (excludes halogenated alkanes) is 12. The summed E-state index contributed by atoms with van der Waals surface area (Å²) < 4.78 is 9.96. The molecule has 1 heterocycles. The molecule has 0 saturated carbocycles. The van der Waals surface area contributed by atoms with Crippen molar-refractivity contribution in [2.45, 2.75) is 109 Å². The number of carbonyl (C=O) groups is 1. The van der Waals surface area contributed by atoms with Crippen LogP contribution in [0.15, 0.2) is 0 Å². The van der Waals surface area contributed by atoms with Crippen molar-refractivity contribution >= 4 is 5.97 Å². The summed E-state index contributed by atoms with van der Waals surface area (Å²) in [6, 6.07) is 0. The minimum Gasteiger partial charge on any atom is -0.467 e. The number of ether oxygens (including phenoxy) is 2. The van der Waals surface area contributed by atoms with Crippen molar-refractivity contribution < 1.29 is 14.3 Å². The van der Waals surface area contributed by atoms with Gasteiger partial charge in [0.2, 0.25) is 0 Å². The Hall–Kier alpha value is -0.570. The Kier molecular flexibility index (Phi) is 11.4. The summed E-state index contributed by atoms with van der Waals surface area (Å²) in [4.78, 5) is 11.2. The molecule has 2 atom stereocenters. The zero-order valence-electron chi connectivity index (χ0n) is 14.8. The average molecular weight is 312 g/mol. The number of methoxy groups -OCH3 is 1. The molecule has 130 valence electrons. The molecule has 0 aromatic rings. The van der Waals surface area contributed by atoms with E-state index in [2.05, 4.69) is 11.7 Å². The van der Waals surface area contributed by atoms with Crippen LogP contribution in [0.3, 0.4) is 0 Å². The molecule has 3 heteroatoms. The van der Waals surface area contributed by atoms with E-state index in [0.717, 1.165) is 6.42 Å². The van der Waals surface area contributed by atoms with Crippen LogP contribution in [0.1, 0.15) is 96.8 Å². The fourth-order valence-corrected chi connectivity index (χ4v) is 3.05. The first-order valence-electron chi connectivity index (χ1n) is 9.53. The molecule has 1 aliphatic heterocycles.